The van der Waals surface area contributed by atoms with Crippen LogP contribution in [0.15, 0.2) is 0 Å². The largest absolute Gasteiger partial charge is 0.481 e. The topological polar surface area (TPSA) is 74.6 Å². The number of hydrogen-bond donors (Lipinski definition) is 2. The minimum absolute atomic E-state index is 0.187. The van der Waals surface area contributed by atoms with Crippen molar-refractivity contribution in [2.75, 3.05) is 0 Å². The molecule has 4 rings (SSSR count). The summed E-state index contributed by atoms with van der Waals surface area (Å²) in [6.07, 6.45) is 8.81. The zero-order valence-corrected chi connectivity index (χ0v) is 17.8. The molecule has 4 fully saturated rings. The molecule has 0 spiro atoms. The van der Waals surface area contributed by atoms with E-state index < -0.39 is 5.97 Å². The number of carboxylic acid groups (broad SMARTS) is 1. The molecule has 0 amide bonds. The number of carboxylic acids is 1. The first-order chi connectivity index (χ1) is 13.2. The Kier molecular flexibility index (Phi) is 5.17. The van der Waals surface area contributed by atoms with Crippen molar-refractivity contribution in [2.45, 2.75) is 91.1 Å². The highest BCUT2D eigenvalue weighted by atomic mass is 16.4. The van der Waals surface area contributed by atoms with E-state index in [1.807, 2.05) is 0 Å². The SMILES string of the molecule is CC(CCC(=O)O)[C@H]1CC[C@H]2[C@@H]3C(=O)C[C@@H]4C[C@H](O)CCC4(C)C3CCC12C. The fourth-order valence-corrected chi connectivity index (χ4v) is 8.44. The van der Waals surface area contributed by atoms with Gasteiger partial charge in [0, 0.05) is 18.8 Å². The van der Waals surface area contributed by atoms with E-state index in [1.54, 1.807) is 0 Å². The molecule has 9 atom stereocenters. The van der Waals surface area contributed by atoms with Gasteiger partial charge in [-0.3, -0.25) is 9.59 Å². The van der Waals surface area contributed by atoms with Crippen molar-refractivity contribution >= 4 is 11.8 Å². The Balaban J connectivity index is 1.56. The first kappa shape index (κ1) is 20.4. The molecule has 2 N–H and O–H groups in total. The summed E-state index contributed by atoms with van der Waals surface area (Å²) in [5, 5.41) is 19.3. The van der Waals surface area contributed by atoms with Crippen LogP contribution >= 0.6 is 0 Å². The lowest BCUT2D eigenvalue weighted by molar-refractivity contribution is -0.160. The molecule has 4 aliphatic rings. The van der Waals surface area contributed by atoms with Gasteiger partial charge in [-0.15, -0.1) is 0 Å². The number of aliphatic hydroxyl groups is 1. The second-order valence-corrected chi connectivity index (χ2v) is 11.2. The second-order valence-electron chi connectivity index (χ2n) is 11.2. The molecule has 0 heterocycles. The predicted molar refractivity (Wildman–Crippen MR) is 108 cm³/mol. The summed E-state index contributed by atoms with van der Waals surface area (Å²) in [5.41, 5.74) is 0.401. The highest BCUT2D eigenvalue weighted by Gasteiger charge is 2.62. The van der Waals surface area contributed by atoms with Crippen molar-refractivity contribution < 1.29 is 19.8 Å². The number of aliphatic hydroxyl groups excluding tert-OH is 1. The van der Waals surface area contributed by atoms with Crippen molar-refractivity contribution in [1.29, 1.82) is 0 Å². The van der Waals surface area contributed by atoms with E-state index in [1.165, 1.54) is 6.42 Å². The zero-order valence-electron chi connectivity index (χ0n) is 17.8. The van der Waals surface area contributed by atoms with Crippen LogP contribution in [0.5, 0.6) is 0 Å². The summed E-state index contributed by atoms with van der Waals surface area (Å²) in [4.78, 5) is 24.4. The predicted octanol–water partition coefficient (Wildman–Crippen LogP) is 4.69. The molecule has 0 aliphatic heterocycles. The molecule has 0 saturated heterocycles. The van der Waals surface area contributed by atoms with Crippen LogP contribution in [-0.4, -0.2) is 28.1 Å². The minimum Gasteiger partial charge on any atom is -0.481 e. The van der Waals surface area contributed by atoms with Crippen LogP contribution in [-0.2, 0) is 9.59 Å². The normalized spacial score (nSPS) is 49.1. The molecule has 28 heavy (non-hydrogen) atoms. The smallest absolute Gasteiger partial charge is 0.303 e. The van der Waals surface area contributed by atoms with Gasteiger partial charge in [0.25, 0.3) is 0 Å². The summed E-state index contributed by atoms with van der Waals surface area (Å²) in [6, 6.07) is 0. The maximum Gasteiger partial charge on any atom is 0.303 e. The number of carbonyl (C=O) groups is 2. The Morgan fingerprint density at radius 1 is 1.11 bits per heavy atom. The molecular formula is C24H38O4. The molecular weight excluding hydrogens is 352 g/mol. The number of ketones is 1. The monoisotopic (exact) mass is 390 g/mol. The van der Waals surface area contributed by atoms with Gasteiger partial charge in [0.05, 0.1) is 6.10 Å². The molecule has 4 nitrogen and oxygen atoms in total. The molecule has 0 aromatic rings. The number of hydrogen-bond acceptors (Lipinski definition) is 3. The van der Waals surface area contributed by atoms with Gasteiger partial charge >= 0.3 is 5.97 Å². The quantitative estimate of drug-likeness (QED) is 0.730. The lowest BCUT2D eigenvalue weighted by atomic mass is 9.44. The van der Waals surface area contributed by atoms with E-state index in [0.29, 0.717) is 41.8 Å². The van der Waals surface area contributed by atoms with Crippen LogP contribution in [0.25, 0.3) is 0 Å². The average molecular weight is 391 g/mol. The van der Waals surface area contributed by atoms with Crippen molar-refractivity contribution in [3.05, 3.63) is 0 Å². The average Bonchev–Trinajstić information content (AvgIpc) is 2.98. The highest BCUT2D eigenvalue weighted by Crippen LogP contribution is 2.67. The van der Waals surface area contributed by atoms with Crippen LogP contribution in [0.3, 0.4) is 0 Å². The van der Waals surface area contributed by atoms with Gasteiger partial charge < -0.3 is 10.2 Å². The molecule has 4 saturated carbocycles. The van der Waals surface area contributed by atoms with Crippen LogP contribution in [0.2, 0.25) is 0 Å². The standard InChI is InChI=1S/C24H38O4/c1-14(4-7-21(27)28)17-5-6-18-22-19(9-11-24(17,18)3)23(2)10-8-16(25)12-15(23)13-20(22)26/h14-19,22,25H,4-13H2,1-3H3,(H,27,28)/t14?,15-,16+,17+,18-,19?,22-,23?,24?/m0/s1. The molecule has 0 aromatic carbocycles. The van der Waals surface area contributed by atoms with Crippen LogP contribution in [0, 0.1) is 46.3 Å². The number of carbonyl (C=O) groups excluding carboxylic acids is 1. The summed E-state index contributed by atoms with van der Waals surface area (Å²) < 4.78 is 0. The van der Waals surface area contributed by atoms with Crippen molar-refractivity contribution in [3.8, 4) is 0 Å². The lowest BCUT2D eigenvalue weighted by Gasteiger charge is -2.60. The van der Waals surface area contributed by atoms with Gasteiger partial charge in [0.2, 0.25) is 0 Å². The van der Waals surface area contributed by atoms with Crippen molar-refractivity contribution in [3.63, 3.8) is 0 Å². The Bertz CT molecular complexity index is 645. The summed E-state index contributed by atoms with van der Waals surface area (Å²) in [7, 11) is 0. The van der Waals surface area contributed by atoms with Crippen molar-refractivity contribution in [2.24, 2.45) is 46.3 Å². The van der Waals surface area contributed by atoms with E-state index >= 15 is 0 Å². The summed E-state index contributed by atoms with van der Waals surface area (Å²) >= 11 is 0. The molecule has 4 heteroatoms. The maximum absolute atomic E-state index is 13.3. The van der Waals surface area contributed by atoms with Gasteiger partial charge in [-0.05, 0) is 91.8 Å². The first-order valence-corrected chi connectivity index (χ1v) is 11.6. The number of fused-ring (bicyclic) bond motifs is 5. The summed E-state index contributed by atoms with van der Waals surface area (Å²) in [5.74, 6) is 2.25. The Morgan fingerprint density at radius 2 is 1.79 bits per heavy atom. The number of rotatable bonds is 4. The minimum atomic E-state index is -0.698. The number of aliphatic carboxylic acids is 1. The Morgan fingerprint density at radius 3 is 2.50 bits per heavy atom. The van der Waals surface area contributed by atoms with Gasteiger partial charge in [-0.25, -0.2) is 0 Å². The molecule has 4 unspecified atom stereocenters. The second kappa shape index (κ2) is 7.11. The van der Waals surface area contributed by atoms with Gasteiger partial charge in [-0.1, -0.05) is 20.8 Å². The molecule has 0 bridgehead atoms. The van der Waals surface area contributed by atoms with Crippen LogP contribution in [0.4, 0.5) is 0 Å². The summed E-state index contributed by atoms with van der Waals surface area (Å²) in [6.45, 7) is 7.06. The molecule has 4 aliphatic carbocycles. The van der Waals surface area contributed by atoms with Gasteiger partial charge in [0.1, 0.15) is 5.78 Å². The maximum atomic E-state index is 13.3. The first-order valence-electron chi connectivity index (χ1n) is 11.6. The molecule has 0 radical (unpaired) electrons. The van der Waals surface area contributed by atoms with Gasteiger partial charge in [-0.2, -0.15) is 0 Å². The third-order valence-electron chi connectivity index (χ3n) is 10.0. The van der Waals surface area contributed by atoms with E-state index in [0.717, 1.165) is 44.9 Å². The fraction of sp³-hybridized carbons (Fsp3) is 0.917. The van der Waals surface area contributed by atoms with E-state index in [4.69, 9.17) is 5.11 Å². The third-order valence-corrected chi connectivity index (χ3v) is 10.0. The van der Waals surface area contributed by atoms with Crippen LogP contribution < -0.4 is 0 Å². The van der Waals surface area contributed by atoms with E-state index in [-0.39, 0.29) is 29.3 Å². The third kappa shape index (κ3) is 3.05. The highest BCUT2D eigenvalue weighted by molar-refractivity contribution is 5.83. The fourth-order valence-electron chi connectivity index (χ4n) is 8.44. The number of Topliss-reactive ketones (excluding diaryl/α,β-unsaturated/α-hetero) is 1. The van der Waals surface area contributed by atoms with Gasteiger partial charge in [0.15, 0.2) is 0 Å². The molecule has 0 aromatic heterocycles. The van der Waals surface area contributed by atoms with E-state index in [2.05, 4.69) is 20.8 Å². The van der Waals surface area contributed by atoms with Crippen molar-refractivity contribution in [1.82, 2.24) is 0 Å². The van der Waals surface area contributed by atoms with Crippen LogP contribution in [0.1, 0.15) is 85.0 Å². The lowest BCUT2D eigenvalue weighted by Crippen LogP contribution is -2.57. The Labute approximate surface area is 169 Å². The zero-order chi connectivity index (χ0) is 20.3. The van der Waals surface area contributed by atoms with E-state index in [9.17, 15) is 14.7 Å². The Hall–Kier alpha value is -0.900. The molecule has 158 valence electrons.